The molecule has 9 heavy (non-hydrogen) atoms. The summed E-state index contributed by atoms with van der Waals surface area (Å²) in [6.45, 7) is 1.12. The minimum Gasteiger partial charge on any atom is -0.375 e. The Hall–Kier alpha value is -0.570. The highest BCUT2D eigenvalue weighted by atomic mass is 32.1. The number of nitrogens with zero attached hydrogens (tertiary/aromatic N) is 1. The first-order valence-electron chi connectivity index (χ1n) is 3.13. The lowest BCUT2D eigenvalue weighted by molar-refractivity contribution is 0.814. The van der Waals surface area contributed by atoms with Crippen LogP contribution in [0, 0.1) is 0 Å². The number of hydrogen-bond donors (Lipinski definition) is 1. The van der Waals surface area contributed by atoms with Gasteiger partial charge in [0.2, 0.25) is 0 Å². The summed E-state index contributed by atoms with van der Waals surface area (Å²) in [6, 6.07) is 0. The zero-order valence-corrected chi connectivity index (χ0v) is 5.87. The molecule has 1 aromatic heterocycles. The summed E-state index contributed by atoms with van der Waals surface area (Å²) in [5.74, 6) is 0. The van der Waals surface area contributed by atoms with Gasteiger partial charge in [0, 0.05) is 6.54 Å². The van der Waals surface area contributed by atoms with E-state index in [1.54, 1.807) is 11.3 Å². The van der Waals surface area contributed by atoms with Gasteiger partial charge in [-0.1, -0.05) is 0 Å². The van der Waals surface area contributed by atoms with E-state index in [0.717, 1.165) is 13.0 Å². The molecule has 0 bridgehead atoms. The molecule has 0 fully saturated rings. The van der Waals surface area contributed by atoms with E-state index >= 15 is 0 Å². The van der Waals surface area contributed by atoms with Crippen molar-refractivity contribution in [1.29, 1.82) is 0 Å². The highest BCUT2D eigenvalue weighted by molar-refractivity contribution is 7.14. The molecule has 0 amide bonds. The van der Waals surface area contributed by atoms with Gasteiger partial charge < -0.3 is 5.32 Å². The monoisotopic (exact) mass is 140 g/mol. The summed E-state index contributed by atoms with van der Waals surface area (Å²) >= 11 is 1.70. The van der Waals surface area contributed by atoms with E-state index in [-0.39, 0.29) is 0 Å². The van der Waals surface area contributed by atoms with E-state index in [4.69, 9.17) is 0 Å². The number of fused-ring (bicyclic) bond motifs is 1. The fourth-order valence-electron chi connectivity index (χ4n) is 1.05. The van der Waals surface area contributed by atoms with Crippen LogP contribution in [0.4, 0.5) is 5.00 Å². The fourth-order valence-corrected chi connectivity index (χ4v) is 1.81. The Morgan fingerprint density at radius 1 is 1.67 bits per heavy atom. The molecule has 2 heterocycles. The van der Waals surface area contributed by atoms with Crippen molar-refractivity contribution in [3.05, 3.63) is 11.2 Å². The van der Waals surface area contributed by atoms with Gasteiger partial charge in [-0.25, -0.2) is 4.98 Å². The third kappa shape index (κ3) is 0.812. The fraction of sp³-hybridized carbons (Fsp3) is 0.500. The van der Waals surface area contributed by atoms with E-state index in [1.807, 2.05) is 5.51 Å². The Labute approximate surface area is 57.9 Å². The second-order valence-corrected chi connectivity index (χ2v) is 3.01. The van der Waals surface area contributed by atoms with Crippen molar-refractivity contribution in [2.24, 2.45) is 0 Å². The zero-order chi connectivity index (χ0) is 6.10. The lowest BCUT2D eigenvalue weighted by Gasteiger charge is -2.10. The molecule has 0 radical (unpaired) electrons. The van der Waals surface area contributed by atoms with Crippen LogP contribution in [-0.4, -0.2) is 11.5 Å². The van der Waals surface area contributed by atoms with Gasteiger partial charge in [-0.2, -0.15) is 0 Å². The van der Waals surface area contributed by atoms with E-state index in [2.05, 4.69) is 10.3 Å². The molecule has 0 spiro atoms. The molecule has 1 aromatic rings. The van der Waals surface area contributed by atoms with Gasteiger partial charge in [-0.3, -0.25) is 0 Å². The van der Waals surface area contributed by atoms with Gasteiger partial charge in [0.1, 0.15) is 5.00 Å². The molecule has 1 aliphatic heterocycles. The van der Waals surface area contributed by atoms with Crippen molar-refractivity contribution >= 4 is 16.3 Å². The maximum atomic E-state index is 4.21. The number of anilines is 1. The van der Waals surface area contributed by atoms with Crippen molar-refractivity contribution in [2.75, 3.05) is 11.9 Å². The third-order valence-electron chi connectivity index (χ3n) is 1.52. The van der Waals surface area contributed by atoms with Crippen LogP contribution in [0.5, 0.6) is 0 Å². The van der Waals surface area contributed by atoms with Crippen molar-refractivity contribution < 1.29 is 0 Å². The van der Waals surface area contributed by atoms with Gasteiger partial charge in [-0.05, 0) is 12.8 Å². The second kappa shape index (κ2) is 1.99. The van der Waals surface area contributed by atoms with E-state index < -0.39 is 0 Å². The van der Waals surface area contributed by atoms with Crippen LogP contribution in [-0.2, 0) is 6.42 Å². The summed E-state index contributed by atoms with van der Waals surface area (Å²) in [6.07, 6.45) is 2.39. The number of aromatic nitrogens is 1. The molecule has 2 nitrogen and oxygen atoms in total. The largest absolute Gasteiger partial charge is 0.375 e. The normalized spacial score (nSPS) is 16.4. The van der Waals surface area contributed by atoms with E-state index in [1.165, 1.54) is 17.1 Å². The Bertz CT molecular complexity index is 186. The smallest absolute Gasteiger partial charge is 0.112 e. The number of nitrogens with one attached hydrogen (secondary N) is 1. The molecule has 0 saturated heterocycles. The third-order valence-corrected chi connectivity index (χ3v) is 2.34. The molecule has 2 rings (SSSR count). The SMILES string of the molecule is c1nc2c(s1)NCCC2. The number of hydrogen-bond acceptors (Lipinski definition) is 3. The van der Waals surface area contributed by atoms with E-state index in [9.17, 15) is 0 Å². The Morgan fingerprint density at radius 3 is 3.56 bits per heavy atom. The summed E-state index contributed by atoms with van der Waals surface area (Å²) in [4.78, 5) is 4.21. The molecule has 3 heteroatoms. The highest BCUT2D eigenvalue weighted by Crippen LogP contribution is 2.24. The van der Waals surface area contributed by atoms with E-state index in [0.29, 0.717) is 0 Å². The molecule has 1 aliphatic rings. The van der Waals surface area contributed by atoms with Crippen LogP contribution in [0.3, 0.4) is 0 Å². The van der Waals surface area contributed by atoms with Crippen molar-refractivity contribution in [2.45, 2.75) is 12.8 Å². The molecule has 48 valence electrons. The molecule has 0 unspecified atom stereocenters. The standard InChI is InChI=1S/C6H8N2S/c1-2-5-6(7-3-1)9-4-8-5/h4,7H,1-3H2. The molecular formula is C6H8N2S. The predicted octanol–water partition coefficient (Wildman–Crippen LogP) is 1.50. The maximum Gasteiger partial charge on any atom is 0.112 e. The molecule has 0 aliphatic carbocycles. The quantitative estimate of drug-likeness (QED) is 0.590. The minimum atomic E-state index is 1.12. The van der Waals surface area contributed by atoms with Crippen LogP contribution in [0.15, 0.2) is 5.51 Å². The predicted molar refractivity (Wildman–Crippen MR) is 38.9 cm³/mol. The van der Waals surface area contributed by atoms with Gasteiger partial charge in [0.05, 0.1) is 11.2 Å². The summed E-state index contributed by atoms with van der Waals surface area (Å²) < 4.78 is 0. The lowest BCUT2D eigenvalue weighted by atomic mass is 10.2. The first-order valence-corrected chi connectivity index (χ1v) is 4.01. The summed E-state index contributed by atoms with van der Waals surface area (Å²) in [5.41, 5.74) is 3.16. The molecule has 1 N–H and O–H groups in total. The van der Waals surface area contributed by atoms with Crippen LogP contribution in [0.2, 0.25) is 0 Å². The lowest BCUT2D eigenvalue weighted by Crippen LogP contribution is -2.09. The van der Waals surface area contributed by atoms with Gasteiger partial charge in [0.25, 0.3) is 0 Å². The summed E-state index contributed by atoms with van der Waals surface area (Å²) in [5, 5.41) is 4.58. The maximum absolute atomic E-state index is 4.21. The number of thiazole rings is 1. The molecular weight excluding hydrogens is 132 g/mol. The summed E-state index contributed by atoms with van der Waals surface area (Å²) in [7, 11) is 0. The molecule has 0 saturated carbocycles. The van der Waals surface area contributed by atoms with Gasteiger partial charge in [-0.15, -0.1) is 11.3 Å². The highest BCUT2D eigenvalue weighted by Gasteiger charge is 2.09. The second-order valence-electron chi connectivity index (χ2n) is 2.16. The average Bonchev–Trinajstić information content (AvgIpc) is 2.33. The Kier molecular flexibility index (Phi) is 1.16. The van der Waals surface area contributed by atoms with Crippen LogP contribution >= 0.6 is 11.3 Å². The van der Waals surface area contributed by atoms with Crippen molar-refractivity contribution in [1.82, 2.24) is 4.98 Å². The average molecular weight is 140 g/mol. The first-order chi connectivity index (χ1) is 4.47. The van der Waals surface area contributed by atoms with Crippen molar-refractivity contribution in [3.63, 3.8) is 0 Å². The van der Waals surface area contributed by atoms with Crippen LogP contribution in [0.1, 0.15) is 12.1 Å². The van der Waals surface area contributed by atoms with Gasteiger partial charge in [0.15, 0.2) is 0 Å². The van der Waals surface area contributed by atoms with Crippen LogP contribution < -0.4 is 5.32 Å². The molecule has 0 atom stereocenters. The Balaban J connectivity index is 2.39. The minimum absolute atomic E-state index is 1.12. The van der Waals surface area contributed by atoms with Crippen LogP contribution in [0.25, 0.3) is 0 Å². The topological polar surface area (TPSA) is 24.9 Å². The number of aryl methyl sites for hydroxylation is 1. The van der Waals surface area contributed by atoms with Crippen molar-refractivity contribution in [3.8, 4) is 0 Å². The number of rotatable bonds is 0. The Morgan fingerprint density at radius 2 is 2.67 bits per heavy atom. The molecule has 0 aromatic carbocycles. The van der Waals surface area contributed by atoms with Gasteiger partial charge >= 0.3 is 0 Å². The zero-order valence-electron chi connectivity index (χ0n) is 5.05. The first kappa shape index (κ1) is 5.23.